The molecule has 1 aromatic heterocycles. The number of benzene rings is 1. The Morgan fingerprint density at radius 3 is 2.78 bits per heavy atom. The van der Waals surface area contributed by atoms with Gasteiger partial charge in [0.05, 0.1) is 13.7 Å². The number of hydrogen-bond donors (Lipinski definition) is 0. The van der Waals surface area contributed by atoms with Crippen molar-refractivity contribution in [2.45, 2.75) is 13.5 Å². The number of rotatable bonds is 7. The smallest absolute Gasteiger partial charge is 0.254 e. The standard InChI is InChI=1S/C17H20N2O4/c1-5-8-22-15-7-6-13(10-16(15)21-4)17(20)19(3)11-14-9-12(2)23-18-14/h5-7,9-10H,1,8,11H2,2-4H3. The van der Waals surface area contributed by atoms with E-state index in [2.05, 4.69) is 11.7 Å². The van der Waals surface area contributed by atoms with Crippen LogP contribution in [0.25, 0.3) is 0 Å². The van der Waals surface area contributed by atoms with Gasteiger partial charge in [-0.2, -0.15) is 0 Å². The lowest BCUT2D eigenvalue weighted by Crippen LogP contribution is -2.26. The molecule has 1 aromatic carbocycles. The van der Waals surface area contributed by atoms with Gasteiger partial charge in [0.25, 0.3) is 5.91 Å². The maximum absolute atomic E-state index is 12.5. The molecule has 0 spiro atoms. The highest BCUT2D eigenvalue weighted by Gasteiger charge is 2.16. The second kappa shape index (κ2) is 7.49. The molecule has 122 valence electrons. The number of aromatic nitrogens is 1. The SMILES string of the molecule is C=CCOc1ccc(C(=O)N(C)Cc2cc(C)on2)cc1OC. The molecular weight excluding hydrogens is 296 g/mol. The van der Waals surface area contributed by atoms with E-state index in [4.69, 9.17) is 14.0 Å². The maximum Gasteiger partial charge on any atom is 0.254 e. The zero-order chi connectivity index (χ0) is 16.8. The van der Waals surface area contributed by atoms with Crippen molar-refractivity contribution in [3.05, 3.63) is 53.9 Å². The topological polar surface area (TPSA) is 64.8 Å². The van der Waals surface area contributed by atoms with Gasteiger partial charge in [-0.15, -0.1) is 0 Å². The van der Waals surface area contributed by atoms with Crippen molar-refractivity contribution >= 4 is 5.91 Å². The van der Waals surface area contributed by atoms with Gasteiger partial charge in [-0.1, -0.05) is 17.8 Å². The van der Waals surface area contributed by atoms with Crippen molar-refractivity contribution in [2.24, 2.45) is 0 Å². The van der Waals surface area contributed by atoms with Crippen molar-refractivity contribution in [1.29, 1.82) is 0 Å². The van der Waals surface area contributed by atoms with Crippen LogP contribution in [-0.4, -0.2) is 36.7 Å². The summed E-state index contributed by atoms with van der Waals surface area (Å²) in [5.41, 5.74) is 1.21. The lowest BCUT2D eigenvalue weighted by atomic mass is 10.1. The molecule has 1 heterocycles. The number of amides is 1. The highest BCUT2D eigenvalue weighted by Crippen LogP contribution is 2.28. The molecule has 0 saturated carbocycles. The zero-order valence-electron chi connectivity index (χ0n) is 13.5. The first-order chi connectivity index (χ1) is 11.0. The van der Waals surface area contributed by atoms with E-state index < -0.39 is 0 Å². The molecular formula is C17H20N2O4. The van der Waals surface area contributed by atoms with Crippen LogP contribution in [0.3, 0.4) is 0 Å². The van der Waals surface area contributed by atoms with Gasteiger partial charge >= 0.3 is 0 Å². The van der Waals surface area contributed by atoms with Crippen LogP contribution in [-0.2, 0) is 6.54 Å². The van der Waals surface area contributed by atoms with Crippen LogP contribution >= 0.6 is 0 Å². The van der Waals surface area contributed by atoms with E-state index >= 15 is 0 Å². The number of hydrogen-bond acceptors (Lipinski definition) is 5. The molecule has 0 N–H and O–H groups in total. The first-order valence-corrected chi connectivity index (χ1v) is 7.14. The Morgan fingerprint density at radius 1 is 1.39 bits per heavy atom. The van der Waals surface area contributed by atoms with Crippen LogP contribution in [0.1, 0.15) is 21.8 Å². The highest BCUT2D eigenvalue weighted by atomic mass is 16.5. The van der Waals surface area contributed by atoms with Crippen LogP contribution in [0.2, 0.25) is 0 Å². The molecule has 2 aromatic rings. The lowest BCUT2D eigenvalue weighted by Gasteiger charge is -2.17. The molecule has 6 heteroatoms. The van der Waals surface area contributed by atoms with Crippen molar-refractivity contribution in [3.63, 3.8) is 0 Å². The van der Waals surface area contributed by atoms with Gasteiger partial charge in [0.1, 0.15) is 18.1 Å². The van der Waals surface area contributed by atoms with Gasteiger partial charge in [-0.25, -0.2) is 0 Å². The molecule has 23 heavy (non-hydrogen) atoms. The Kier molecular flexibility index (Phi) is 5.41. The quantitative estimate of drug-likeness (QED) is 0.735. The Morgan fingerprint density at radius 2 is 2.17 bits per heavy atom. The molecule has 0 aliphatic carbocycles. The van der Waals surface area contributed by atoms with Crippen molar-refractivity contribution < 1.29 is 18.8 Å². The molecule has 0 fully saturated rings. The molecule has 0 radical (unpaired) electrons. The minimum absolute atomic E-state index is 0.140. The van der Waals surface area contributed by atoms with Crippen molar-refractivity contribution in [3.8, 4) is 11.5 Å². The Balaban J connectivity index is 2.13. The van der Waals surface area contributed by atoms with E-state index in [-0.39, 0.29) is 5.91 Å². The largest absolute Gasteiger partial charge is 0.493 e. The third kappa shape index (κ3) is 4.12. The minimum atomic E-state index is -0.140. The predicted molar refractivity (Wildman–Crippen MR) is 85.7 cm³/mol. The lowest BCUT2D eigenvalue weighted by molar-refractivity contribution is 0.0781. The Labute approximate surface area is 135 Å². The van der Waals surface area contributed by atoms with E-state index in [0.29, 0.717) is 41.7 Å². The minimum Gasteiger partial charge on any atom is -0.493 e. The second-order valence-electron chi connectivity index (χ2n) is 5.06. The third-order valence-electron chi connectivity index (χ3n) is 3.19. The summed E-state index contributed by atoms with van der Waals surface area (Å²) in [4.78, 5) is 14.1. The summed E-state index contributed by atoms with van der Waals surface area (Å²) in [6.45, 7) is 6.15. The molecule has 0 saturated heterocycles. The van der Waals surface area contributed by atoms with Gasteiger partial charge in [0, 0.05) is 18.7 Å². The van der Waals surface area contributed by atoms with Gasteiger partial charge < -0.3 is 18.9 Å². The summed E-state index contributed by atoms with van der Waals surface area (Å²) in [5.74, 6) is 1.65. The average Bonchev–Trinajstić information content (AvgIpc) is 2.96. The molecule has 6 nitrogen and oxygen atoms in total. The number of nitrogens with zero attached hydrogens (tertiary/aromatic N) is 2. The maximum atomic E-state index is 12.5. The summed E-state index contributed by atoms with van der Waals surface area (Å²) in [5, 5.41) is 3.89. The number of aryl methyl sites for hydroxylation is 1. The fourth-order valence-electron chi connectivity index (χ4n) is 2.10. The van der Waals surface area contributed by atoms with Crippen LogP contribution in [0.15, 0.2) is 41.4 Å². The number of methoxy groups -OCH3 is 1. The summed E-state index contributed by atoms with van der Waals surface area (Å²) in [6, 6.07) is 6.87. The fraction of sp³-hybridized carbons (Fsp3) is 0.294. The molecule has 0 aliphatic heterocycles. The van der Waals surface area contributed by atoms with Crippen LogP contribution < -0.4 is 9.47 Å². The highest BCUT2D eigenvalue weighted by molar-refractivity contribution is 5.94. The van der Waals surface area contributed by atoms with E-state index in [1.807, 2.05) is 6.92 Å². The number of ether oxygens (including phenoxy) is 2. The second-order valence-corrected chi connectivity index (χ2v) is 5.06. The number of carbonyl (C=O) groups excluding carboxylic acids is 1. The molecule has 0 bridgehead atoms. The summed E-state index contributed by atoms with van der Waals surface area (Å²) < 4.78 is 15.8. The fourth-order valence-corrected chi connectivity index (χ4v) is 2.10. The van der Waals surface area contributed by atoms with Crippen molar-refractivity contribution in [1.82, 2.24) is 10.1 Å². The van der Waals surface area contributed by atoms with E-state index in [1.165, 1.54) is 7.11 Å². The summed E-state index contributed by atoms with van der Waals surface area (Å²) >= 11 is 0. The molecule has 0 aliphatic rings. The van der Waals surface area contributed by atoms with E-state index in [9.17, 15) is 4.79 Å². The van der Waals surface area contributed by atoms with Gasteiger partial charge in [0.2, 0.25) is 0 Å². The monoisotopic (exact) mass is 316 g/mol. The van der Waals surface area contributed by atoms with Crippen molar-refractivity contribution in [2.75, 3.05) is 20.8 Å². The van der Waals surface area contributed by atoms with E-state index in [0.717, 1.165) is 0 Å². The van der Waals surface area contributed by atoms with E-state index in [1.54, 1.807) is 42.3 Å². The predicted octanol–water partition coefficient (Wildman–Crippen LogP) is 2.83. The van der Waals surface area contributed by atoms with Gasteiger partial charge in [-0.3, -0.25) is 4.79 Å². The normalized spacial score (nSPS) is 10.2. The summed E-state index contributed by atoms with van der Waals surface area (Å²) in [6.07, 6.45) is 1.65. The zero-order valence-corrected chi connectivity index (χ0v) is 13.5. The van der Waals surface area contributed by atoms with Gasteiger partial charge in [-0.05, 0) is 25.1 Å². The molecule has 1 amide bonds. The first kappa shape index (κ1) is 16.6. The number of carbonyl (C=O) groups is 1. The van der Waals surface area contributed by atoms with Crippen LogP contribution in [0.4, 0.5) is 0 Å². The first-order valence-electron chi connectivity index (χ1n) is 7.14. The Hall–Kier alpha value is -2.76. The molecule has 0 atom stereocenters. The van der Waals surface area contributed by atoms with Crippen LogP contribution in [0.5, 0.6) is 11.5 Å². The molecule has 2 rings (SSSR count). The molecule has 0 unspecified atom stereocenters. The average molecular weight is 316 g/mol. The van der Waals surface area contributed by atoms with Gasteiger partial charge in [0.15, 0.2) is 11.5 Å². The third-order valence-corrected chi connectivity index (χ3v) is 3.19. The Bertz CT molecular complexity index is 694. The van der Waals surface area contributed by atoms with Crippen LogP contribution in [0, 0.1) is 6.92 Å². The summed E-state index contributed by atoms with van der Waals surface area (Å²) in [7, 11) is 3.24.